The van der Waals surface area contributed by atoms with Crippen LogP contribution in [0.1, 0.15) is 57.8 Å². The Balaban J connectivity index is 2.06. The third-order valence-corrected chi connectivity index (χ3v) is 4.58. The third kappa shape index (κ3) is 2.21. The first kappa shape index (κ1) is 11.4. The highest BCUT2D eigenvalue weighted by molar-refractivity contribution is 4.99. The predicted octanol–water partition coefficient (Wildman–Crippen LogP) is 2.46. The van der Waals surface area contributed by atoms with Gasteiger partial charge < -0.3 is 10.4 Å². The van der Waals surface area contributed by atoms with Crippen molar-refractivity contribution < 1.29 is 5.11 Å². The number of nitrogens with one attached hydrogen (secondary N) is 1. The number of hydrogen-bond donors (Lipinski definition) is 2. The predicted molar refractivity (Wildman–Crippen MR) is 62.8 cm³/mol. The molecule has 2 aliphatic carbocycles. The van der Waals surface area contributed by atoms with Gasteiger partial charge in [0, 0.05) is 6.04 Å². The zero-order valence-electron chi connectivity index (χ0n) is 9.97. The van der Waals surface area contributed by atoms with Crippen LogP contribution in [0, 0.1) is 5.92 Å². The second kappa shape index (κ2) is 4.84. The lowest BCUT2D eigenvalue weighted by Crippen LogP contribution is -2.56. The van der Waals surface area contributed by atoms with Crippen molar-refractivity contribution in [2.45, 2.75) is 69.4 Å². The average molecular weight is 211 g/mol. The number of hydrogen-bond acceptors (Lipinski definition) is 2. The summed E-state index contributed by atoms with van der Waals surface area (Å²) in [5.41, 5.74) is -0.395. The second-order valence-electron chi connectivity index (χ2n) is 5.41. The van der Waals surface area contributed by atoms with Crippen LogP contribution >= 0.6 is 0 Å². The Morgan fingerprint density at radius 1 is 1.00 bits per heavy atom. The molecule has 0 radical (unpaired) electrons. The topological polar surface area (TPSA) is 32.3 Å². The van der Waals surface area contributed by atoms with Gasteiger partial charge in [-0.1, -0.05) is 32.1 Å². The molecule has 2 fully saturated rings. The Morgan fingerprint density at radius 2 is 1.67 bits per heavy atom. The Bertz CT molecular complexity index is 201. The Kier molecular flexibility index (Phi) is 3.68. The van der Waals surface area contributed by atoms with Crippen LogP contribution in [-0.2, 0) is 0 Å². The summed E-state index contributed by atoms with van der Waals surface area (Å²) in [5, 5.41) is 14.2. The number of rotatable bonds is 2. The Morgan fingerprint density at radius 3 is 2.33 bits per heavy atom. The van der Waals surface area contributed by atoms with Crippen LogP contribution in [-0.4, -0.2) is 23.8 Å². The molecule has 0 spiro atoms. The van der Waals surface area contributed by atoms with Crippen LogP contribution < -0.4 is 5.32 Å². The van der Waals surface area contributed by atoms with E-state index in [-0.39, 0.29) is 0 Å². The minimum absolute atomic E-state index is 0.342. The highest BCUT2D eigenvalue weighted by atomic mass is 16.3. The lowest BCUT2D eigenvalue weighted by atomic mass is 9.67. The van der Waals surface area contributed by atoms with Crippen LogP contribution in [0.25, 0.3) is 0 Å². The van der Waals surface area contributed by atoms with Gasteiger partial charge in [-0.15, -0.1) is 0 Å². The van der Waals surface area contributed by atoms with Gasteiger partial charge in [-0.05, 0) is 38.6 Å². The molecule has 2 atom stereocenters. The summed E-state index contributed by atoms with van der Waals surface area (Å²) in [6.07, 6.45) is 11.2. The van der Waals surface area contributed by atoms with Gasteiger partial charge in [0.25, 0.3) is 0 Å². The molecule has 2 rings (SSSR count). The van der Waals surface area contributed by atoms with Crippen LogP contribution in [0.2, 0.25) is 0 Å². The van der Waals surface area contributed by atoms with E-state index in [9.17, 15) is 5.11 Å². The lowest BCUT2D eigenvalue weighted by molar-refractivity contribution is -0.0838. The van der Waals surface area contributed by atoms with Crippen LogP contribution in [0.4, 0.5) is 0 Å². The summed E-state index contributed by atoms with van der Waals surface area (Å²) in [6.45, 7) is 0. The molecule has 0 aliphatic heterocycles. The maximum Gasteiger partial charge on any atom is 0.0827 e. The fourth-order valence-corrected chi connectivity index (χ4v) is 3.67. The van der Waals surface area contributed by atoms with E-state index in [2.05, 4.69) is 5.32 Å². The lowest BCUT2D eigenvalue weighted by Gasteiger charge is -2.46. The molecule has 2 nitrogen and oxygen atoms in total. The summed E-state index contributed by atoms with van der Waals surface area (Å²) in [5.74, 6) is 0.559. The normalized spacial score (nSPS) is 39.2. The first-order chi connectivity index (χ1) is 7.27. The van der Waals surface area contributed by atoms with E-state index in [4.69, 9.17) is 0 Å². The van der Waals surface area contributed by atoms with E-state index >= 15 is 0 Å². The molecule has 2 unspecified atom stereocenters. The summed E-state index contributed by atoms with van der Waals surface area (Å²) >= 11 is 0. The van der Waals surface area contributed by atoms with Crippen LogP contribution in [0.15, 0.2) is 0 Å². The molecule has 2 heteroatoms. The molecule has 0 amide bonds. The SMILES string of the molecule is CNC1CCCCC1(O)C1CCCCC1. The Labute approximate surface area is 93.5 Å². The van der Waals surface area contributed by atoms with Gasteiger partial charge in [0.05, 0.1) is 5.60 Å². The van der Waals surface area contributed by atoms with Gasteiger partial charge in [-0.25, -0.2) is 0 Å². The van der Waals surface area contributed by atoms with E-state index in [0.29, 0.717) is 12.0 Å². The zero-order valence-corrected chi connectivity index (χ0v) is 9.97. The smallest absolute Gasteiger partial charge is 0.0827 e. The monoisotopic (exact) mass is 211 g/mol. The van der Waals surface area contributed by atoms with Gasteiger partial charge >= 0.3 is 0 Å². The zero-order chi connectivity index (χ0) is 10.7. The van der Waals surface area contributed by atoms with Crippen LogP contribution in [0.5, 0.6) is 0 Å². The van der Waals surface area contributed by atoms with Crippen molar-refractivity contribution in [3.8, 4) is 0 Å². The summed E-state index contributed by atoms with van der Waals surface area (Å²) in [4.78, 5) is 0. The molecule has 88 valence electrons. The maximum atomic E-state index is 10.9. The molecule has 0 bridgehead atoms. The molecular weight excluding hydrogens is 186 g/mol. The van der Waals surface area contributed by atoms with Gasteiger partial charge in [0.2, 0.25) is 0 Å². The molecule has 2 aliphatic rings. The minimum atomic E-state index is -0.395. The average Bonchev–Trinajstić information content (AvgIpc) is 2.31. The third-order valence-electron chi connectivity index (χ3n) is 4.58. The van der Waals surface area contributed by atoms with Crippen molar-refractivity contribution in [3.63, 3.8) is 0 Å². The largest absolute Gasteiger partial charge is 0.388 e. The maximum absolute atomic E-state index is 10.9. The first-order valence-corrected chi connectivity index (χ1v) is 6.67. The summed E-state index contributed by atoms with van der Waals surface area (Å²) in [7, 11) is 2.00. The molecule has 2 saturated carbocycles. The highest BCUT2D eigenvalue weighted by Crippen LogP contribution is 2.41. The second-order valence-corrected chi connectivity index (χ2v) is 5.41. The molecule has 0 saturated heterocycles. The van der Waals surface area contributed by atoms with E-state index in [1.165, 1.54) is 44.9 Å². The molecule has 0 heterocycles. The van der Waals surface area contributed by atoms with E-state index in [1.807, 2.05) is 7.05 Å². The molecule has 0 aromatic carbocycles. The first-order valence-electron chi connectivity index (χ1n) is 6.67. The van der Waals surface area contributed by atoms with Gasteiger partial charge in [0.15, 0.2) is 0 Å². The molecular formula is C13H25NO. The van der Waals surface area contributed by atoms with Crippen molar-refractivity contribution in [1.29, 1.82) is 0 Å². The fourth-order valence-electron chi connectivity index (χ4n) is 3.67. The molecule has 0 aromatic rings. The van der Waals surface area contributed by atoms with E-state index in [1.54, 1.807) is 0 Å². The van der Waals surface area contributed by atoms with Crippen LogP contribution in [0.3, 0.4) is 0 Å². The molecule has 15 heavy (non-hydrogen) atoms. The number of likely N-dealkylation sites (N-methyl/N-ethyl adjacent to an activating group) is 1. The fraction of sp³-hybridized carbons (Fsp3) is 1.00. The standard InChI is InChI=1S/C13H25NO/c1-14-12-9-5-6-10-13(12,15)11-7-3-2-4-8-11/h11-12,14-15H,2-10H2,1H3. The van der Waals surface area contributed by atoms with Crippen molar-refractivity contribution in [2.24, 2.45) is 5.92 Å². The van der Waals surface area contributed by atoms with Crippen molar-refractivity contribution in [3.05, 3.63) is 0 Å². The van der Waals surface area contributed by atoms with Gasteiger partial charge in [-0.3, -0.25) is 0 Å². The quantitative estimate of drug-likeness (QED) is 0.735. The van der Waals surface area contributed by atoms with Gasteiger partial charge in [0.1, 0.15) is 0 Å². The summed E-state index contributed by atoms with van der Waals surface area (Å²) in [6, 6.07) is 0.342. The van der Waals surface area contributed by atoms with Crippen molar-refractivity contribution in [2.75, 3.05) is 7.05 Å². The van der Waals surface area contributed by atoms with E-state index < -0.39 is 5.60 Å². The van der Waals surface area contributed by atoms with Crippen molar-refractivity contribution in [1.82, 2.24) is 5.32 Å². The van der Waals surface area contributed by atoms with Gasteiger partial charge in [-0.2, -0.15) is 0 Å². The Hall–Kier alpha value is -0.0800. The summed E-state index contributed by atoms with van der Waals surface area (Å²) < 4.78 is 0. The highest BCUT2D eigenvalue weighted by Gasteiger charge is 2.44. The number of aliphatic hydroxyl groups is 1. The van der Waals surface area contributed by atoms with Crippen molar-refractivity contribution >= 4 is 0 Å². The molecule has 2 N–H and O–H groups in total. The molecule has 0 aromatic heterocycles. The minimum Gasteiger partial charge on any atom is -0.388 e. The van der Waals surface area contributed by atoms with E-state index in [0.717, 1.165) is 12.8 Å².